The largest absolute Gasteiger partial charge is 0.396 e. The lowest BCUT2D eigenvalue weighted by Gasteiger charge is -2.28. The fourth-order valence-electron chi connectivity index (χ4n) is 2.57. The van der Waals surface area contributed by atoms with E-state index in [-0.39, 0.29) is 18.6 Å². The number of hydrogen-bond donors (Lipinski definition) is 2. The van der Waals surface area contributed by atoms with Crippen LogP contribution in [0, 0.1) is 5.92 Å². The minimum Gasteiger partial charge on any atom is -0.396 e. The molecule has 0 aromatic carbocycles. The maximum atomic E-state index is 11.8. The van der Waals surface area contributed by atoms with Crippen LogP contribution in [0.4, 0.5) is 0 Å². The van der Waals surface area contributed by atoms with Gasteiger partial charge < -0.3 is 15.2 Å². The monoisotopic (exact) mass is 227 g/mol. The summed E-state index contributed by atoms with van der Waals surface area (Å²) in [7, 11) is 0. The van der Waals surface area contributed by atoms with Crippen LogP contribution in [-0.2, 0) is 9.53 Å². The van der Waals surface area contributed by atoms with Crippen LogP contribution in [0.3, 0.4) is 0 Å². The van der Waals surface area contributed by atoms with Gasteiger partial charge >= 0.3 is 0 Å². The van der Waals surface area contributed by atoms with Gasteiger partial charge in [-0.2, -0.15) is 0 Å². The Bertz CT molecular complexity index is 230. The van der Waals surface area contributed by atoms with Gasteiger partial charge in [0, 0.05) is 19.3 Å². The zero-order valence-electron chi connectivity index (χ0n) is 9.65. The molecule has 0 radical (unpaired) electrons. The van der Waals surface area contributed by atoms with E-state index in [1.54, 1.807) is 0 Å². The Morgan fingerprint density at radius 2 is 2.00 bits per heavy atom. The summed E-state index contributed by atoms with van der Waals surface area (Å²) in [5.41, 5.74) is 0. The highest BCUT2D eigenvalue weighted by atomic mass is 16.5. The van der Waals surface area contributed by atoms with Crippen LogP contribution < -0.4 is 5.32 Å². The zero-order chi connectivity index (χ0) is 11.4. The molecule has 1 aliphatic heterocycles. The van der Waals surface area contributed by atoms with Gasteiger partial charge in [0.05, 0.1) is 0 Å². The molecule has 1 unspecified atom stereocenters. The lowest BCUT2D eigenvalue weighted by atomic mass is 9.86. The molecule has 0 spiro atoms. The van der Waals surface area contributed by atoms with Gasteiger partial charge in [-0.05, 0) is 44.4 Å². The zero-order valence-corrected chi connectivity index (χ0v) is 9.65. The van der Waals surface area contributed by atoms with Crippen molar-refractivity contribution in [1.82, 2.24) is 5.32 Å². The van der Waals surface area contributed by atoms with E-state index in [1.807, 2.05) is 0 Å². The predicted octanol–water partition coefficient (Wildman–Crippen LogP) is 0.833. The van der Waals surface area contributed by atoms with Crippen molar-refractivity contribution in [2.45, 2.75) is 50.7 Å². The Balaban J connectivity index is 1.71. The molecular formula is C12H21NO3. The number of aliphatic hydroxyl groups excluding tert-OH is 1. The number of ether oxygens (including phenoxy) is 1. The Hall–Kier alpha value is -0.610. The first kappa shape index (κ1) is 11.9. The highest BCUT2D eigenvalue weighted by Gasteiger charge is 2.27. The van der Waals surface area contributed by atoms with Crippen LogP contribution in [0.1, 0.15) is 38.5 Å². The van der Waals surface area contributed by atoms with Gasteiger partial charge in [0.1, 0.15) is 6.10 Å². The van der Waals surface area contributed by atoms with Crippen LogP contribution in [0.2, 0.25) is 0 Å². The molecule has 2 fully saturated rings. The number of amides is 1. The van der Waals surface area contributed by atoms with E-state index >= 15 is 0 Å². The molecule has 4 nitrogen and oxygen atoms in total. The molecule has 1 saturated heterocycles. The molecule has 0 aromatic rings. The minimum absolute atomic E-state index is 0.0601. The molecule has 2 N–H and O–H groups in total. The number of rotatable bonds is 3. The van der Waals surface area contributed by atoms with Crippen molar-refractivity contribution in [3.05, 3.63) is 0 Å². The summed E-state index contributed by atoms with van der Waals surface area (Å²) >= 11 is 0. The smallest absolute Gasteiger partial charge is 0.249 e. The summed E-state index contributed by atoms with van der Waals surface area (Å²) in [5, 5.41) is 12.1. The maximum absolute atomic E-state index is 11.8. The summed E-state index contributed by atoms with van der Waals surface area (Å²) in [6.45, 7) is 1.00. The van der Waals surface area contributed by atoms with Gasteiger partial charge in [-0.1, -0.05) is 0 Å². The lowest BCUT2D eigenvalue weighted by molar-refractivity contribution is -0.131. The topological polar surface area (TPSA) is 58.6 Å². The molecule has 2 rings (SSSR count). The van der Waals surface area contributed by atoms with Crippen LogP contribution in [0.15, 0.2) is 0 Å². The molecule has 1 aliphatic carbocycles. The molecule has 0 aromatic heterocycles. The van der Waals surface area contributed by atoms with E-state index in [4.69, 9.17) is 9.84 Å². The molecular weight excluding hydrogens is 206 g/mol. The number of aliphatic hydroxyl groups is 1. The molecule has 1 atom stereocenters. The van der Waals surface area contributed by atoms with Gasteiger partial charge in [0.25, 0.3) is 0 Å². The third kappa shape index (κ3) is 2.95. The van der Waals surface area contributed by atoms with Gasteiger partial charge in [0.2, 0.25) is 5.91 Å². The first-order valence-electron chi connectivity index (χ1n) is 6.32. The van der Waals surface area contributed by atoms with Crippen molar-refractivity contribution < 1.29 is 14.6 Å². The molecule has 0 bridgehead atoms. The standard InChI is InChI=1S/C12H21NO3/c14-8-9-3-5-10(6-4-9)13-12(15)11-2-1-7-16-11/h9-11,14H,1-8H2,(H,13,15). The summed E-state index contributed by atoms with van der Waals surface area (Å²) < 4.78 is 5.35. The number of carbonyl (C=O) groups excluding carboxylic acids is 1. The SMILES string of the molecule is O=C(NC1CCC(CO)CC1)C1CCCO1. The third-order valence-electron chi connectivity index (χ3n) is 3.67. The van der Waals surface area contributed by atoms with Crippen molar-refractivity contribution in [1.29, 1.82) is 0 Å². The highest BCUT2D eigenvalue weighted by Crippen LogP contribution is 2.24. The first-order valence-corrected chi connectivity index (χ1v) is 6.32. The predicted molar refractivity (Wildman–Crippen MR) is 59.9 cm³/mol. The third-order valence-corrected chi connectivity index (χ3v) is 3.67. The second-order valence-corrected chi connectivity index (χ2v) is 4.91. The Morgan fingerprint density at radius 3 is 2.56 bits per heavy atom. The lowest BCUT2D eigenvalue weighted by Crippen LogP contribution is -2.43. The van der Waals surface area contributed by atoms with Gasteiger partial charge in [-0.3, -0.25) is 4.79 Å². The molecule has 4 heteroatoms. The van der Waals surface area contributed by atoms with Crippen molar-refractivity contribution in [2.24, 2.45) is 5.92 Å². The maximum Gasteiger partial charge on any atom is 0.249 e. The summed E-state index contributed by atoms with van der Waals surface area (Å²) in [6.07, 6.45) is 5.66. The number of nitrogens with one attached hydrogen (secondary N) is 1. The van der Waals surface area contributed by atoms with E-state index in [9.17, 15) is 4.79 Å². The van der Waals surface area contributed by atoms with E-state index in [0.29, 0.717) is 12.0 Å². The van der Waals surface area contributed by atoms with Crippen LogP contribution in [0.5, 0.6) is 0 Å². The fourth-order valence-corrected chi connectivity index (χ4v) is 2.57. The molecule has 1 heterocycles. The van der Waals surface area contributed by atoms with Crippen LogP contribution in [0.25, 0.3) is 0 Å². The molecule has 16 heavy (non-hydrogen) atoms. The number of hydrogen-bond acceptors (Lipinski definition) is 3. The van der Waals surface area contributed by atoms with E-state index < -0.39 is 0 Å². The van der Waals surface area contributed by atoms with Crippen molar-refractivity contribution in [3.63, 3.8) is 0 Å². The van der Waals surface area contributed by atoms with Crippen molar-refractivity contribution in [2.75, 3.05) is 13.2 Å². The molecule has 2 aliphatic rings. The van der Waals surface area contributed by atoms with Crippen molar-refractivity contribution >= 4 is 5.91 Å². The molecule has 92 valence electrons. The average Bonchev–Trinajstić information content (AvgIpc) is 2.83. The van der Waals surface area contributed by atoms with E-state index in [0.717, 1.165) is 45.1 Å². The van der Waals surface area contributed by atoms with Crippen LogP contribution in [-0.4, -0.2) is 36.4 Å². The average molecular weight is 227 g/mol. The fraction of sp³-hybridized carbons (Fsp3) is 0.917. The number of carbonyl (C=O) groups is 1. The minimum atomic E-state index is -0.212. The normalized spacial score (nSPS) is 34.9. The first-order chi connectivity index (χ1) is 7.79. The summed E-state index contributed by atoms with van der Waals surface area (Å²) in [6, 6.07) is 0.291. The second kappa shape index (κ2) is 5.64. The Kier molecular flexibility index (Phi) is 4.18. The quantitative estimate of drug-likeness (QED) is 0.751. The summed E-state index contributed by atoms with van der Waals surface area (Å²) in [5.74, 6) is 0.501. The molecule has 1 saturated carbocycles. The van der Waals surface area contributed by atoms with Gasteiger partial charge in [0.15, 0.2) is 0 Å². The van der Waals surface area contributed by atoms with Gasteiger partial charge in [-0.15, -0.1) is 0 Å². The highest BCUT2D eigenvalue weighted by molar-refractivity contribution is 5.81. The van der Waals surface area contributed by atoms with Crippen LogP contribution >= 0.6 is 0 Å². The Labute approximate surface area is 96.4 Å². The summed E-state index contributed by atoms with van der Waals surface area (Å²) in [4.78, 5) is 11.8. The van der Waals surface area contributed by atoms with Gasteiger partial charge in [-0.25, -0.2) is 0 Å². The van der Waals surface area contributed by atoms with E-state index in [1.165, 1.54) is 0 Å². The molecule has 1 amide bonds. The van der Waals surface area contributed by atoms with E-state index in [2.05, 4.69) is 5.32 Å². The Morgan fingerprint density at radius 1 is 1.25 bits per heavy atom. The second-order valence-electron chi connectivity index (χ2n) is 4.91. The van der Waals surface area contributed by atoms with Crippen molar-refractivity contribution in [3.8, 4) is 0 Å².